The fraction of sp³-hybridized carbons (Fsp3) is 0.467. The molecule has 1 aliphatic rings. The van der Waals surface area contributed by atoms with Gasteiger partial charge < -0.3 is 19.6 Å². The number of hydrogen-bond acceptors (Lipinski definition) is 5. The van der Waals surface area contributed by atoms with Crippen LogP contribution < -0.4 is 9.47 Å². The van der Waals surface area contributed by atoms with E-state index in [4.69, 9.17) is 14.7 Å². The first-order valence-corrected chi connectivity index (χ1v) is 6.82. The summed E-state index contributed by atoms with van der Waals surface area (Å²) in [6.45, 7) is 1.67. The summed E-state index contributed by atoms with van der Waals surface area (Å²) in [5, 5.41) is 11.9. The molecular weight excluding hydrogens is 272 g/mol. The van der Waals surface area contributed by atoms with Gasteiger partial charge in [0.25, 0.3) is 5.91 Å². The van der Waals surface area contributed by atoms with Gasteiger partial charge in [0.1, 0.15) is 0 Å². The van der Waals surface area contributed by atoms with Gasteiger partial charge in [0.2, 0.25) is 0 Å². The first-order valence-electron chi connectivity index (χ1n) is 6.82. The van der Waals surface area contributed by atoms with E-state index in [2.05, 4.69) is 5.16 Å². The third kappa shape index (κ3) is 3.65. The molecule has 0 heterocycles. The number of benzene rings is 1. The Kier molecular flexibility index (Phi) is 4.67. The molecule has 1 fully saturated rings. The van der Waals surface area contributed by atoms with Crippen molar-refractivity contribution in [2.24, 2.45) is 5.16 Å². The Labute approximate surface area is 124 Å². The van der Waals surface area contributed by atoms with Crippen molar-refractivity contribution in [2.75, 3.05) is 20.8 Å². The first kappa shape index (κ1) is 15.2. The SMILES string of the molecule is COc1cc(C(C)=NO)ccc1OCC(=O)N(C)C1CC1. The van der Waals surface area contributed by atoms with E-state index < -0.39 is 0 Å². The molecular formula is C15H20N2O4. The number of carbonyl (C=O) groups is 1. The molecule has 1 aromatic rings. The van der Waals surface area contributed by atoms with Gasteiger partial charge in [-0.25, -0.2) is 0 Å². The zero-order valence-electron chi connectivity index (χ0n) is 12.5. The standard InChI is InChI=1S/C15H20N2O4/c1-10(16-19)11-4-7-13(14(8-11)20-3)21-9-15(18)17(2)12-5-6-12/h4,7-8,12,19H,5-6,9H2,1-3H3. The number of methoxy groups -OCH3 is 1. The maximum atomic E-state index is 11.9. The van der Waals surface area contributed by atoms with Crippen molar-refractivity contribution in [3.63, 3.8) is 0 Å². The fourth-order valence-electron chi connectivity index (χ4n) is 1.98. The maximum absolute atomic E-state index is 11.9. The van der Waals surface area contributed by atoms with Gasteiger partial charge in [-0.05, 0) is 38.0 Å². The second-order valence-corrected chi connectivity index (χ2v) is 5.08. The Morgan fingerprint density at radius 3 is 2.71 bits per heavy atom. The molecule has 1 saturated carbocycles. The smallest absolute Gasteiger partial charge is 0.260 e. The molecule has 0 bridgehead atoms. The van der Waals surface area contributed by atoms with Gasteiger partial charge in [0.05, 0.1) is 12.8 Å². The van der Waals surface area contributed by atoms with E-state index >= 15 is 0 Å². The van der Waals surface area contributed by atoms with E-state index in [1.165, 1.54) is 7.11 Å². The third-order valence-corrected chi connectivity index (χ3v) is 3.57. The molecule has 1 amide bonds. The summed E-state index contributed by atoms with van der Waals surface area (Å²) >= 11 is 0. The molecule has 6 heteroatoms. The van der Waals surface area contributed by atoms with Crippen LogP contribution in [0.25, 0.3) is 0 Å². The van der Waals surface area contributed by atoms with E-state index in [-0.39, 0.29) is 12.5 Å². The Balaban J connectivity index is 2.03. The zero-order chi connectivity index (χ0) is 15.4. The molecule has 2 rings (SSSR count). The summed E-state index contributed by atoms with van der Waals surface area (Å²) in [6, 6.07) is 5.53. The van der Waals surface area contributed by atoms with Gasteiger partial charge in [0.15, 0.2) is 18.1 Å². The second-order valence-electron chi connectivity index (χ2n) is 5.08. The number of ether oxygens (including phenoxy) is 2. The van der Waals surface area contributed by atoms with Crippen molar-refractivity contribution < 1.29 is 19.5 Å². The number of amides is 1. The summed E-state index contributed by atoms with van der Waals surface area (Å²) in [4.78, 5) is 13.7. The predicted octanol–water partition coefficient (Wildman–Crippen LogP) is 1.89. The van der Waals surface area contributed by atoms with Crippen molar-refractivity contribution >= 4 is 11.6 Å². The van der Waals surface area contributed by atoms with Crippen LogP contribution in [0.1, 0.15) is 25.3 Å². The molecule has 1 aromatic carbocycles. The highest BCUT2D eigenvalue weighted by molar-refractivity contribution is 5.98. The van der Waals surface area contributed by atoms with Gasteiger partial charge in [-0.1, -0.05) is 5.16 Å². The van der Waals surface area contributed by atoms with Crippen LogP contribution in [0.15, 0.2) is 23.4 Å². The number of oxime groups is 1. The molecule has 6 nitrogen and oxygen atoms in total. The van der Waals surface area contributed by atoms with Crippen molar-refractivity contribution in [3.8, 4) is 11.5 Å². The minimum atomic E-state index is -0.0447. The lowest BCUT2D eigenvalue weighted by Gasteiger charge is -2.17. The van der Waals surface area contributed by atoms with Gasteiger partial charge in [-0.2, -0.15) is 0 Å². The summed E-state index contributed by atoms with van der Waals surface area (Å²) in [5.41, 5.74) is 1.20. The summed E-state index contributed by atoms with van der Waals surface area (Å²) in [6.07, 6.45) is 2.14. The van der Waals surface area contributed by atoms with Crippen LogP contribution in [0.4, 0.5) is 0 Å². The van der Waals surface area contributed by atoms with Gasteiger partial charge >= 0.3 is 0 Å². The van der Waals surface area contributed by atoms with Gasteiger partial charge in [-0.3, -0.25) is 4.79 Å². The van der Waals surface area contributed by atoms with Crippen molar-refractivity contribution in [1.82, 2.24) is 4.90 Å². The van der Waals surface area contributed by atoms with Crippen LogP contribution in [0.2, 0.25) is 0 Å². The predicted molar refractivity (Wildman–Crippen MR) is 78.3 cm³/mol. The fourth-order valence-corrected chi connectivity index (χ4v) is 1.98. The molecule has 0 unspecified atom stereocenters. The van der Waals surface area contributed by atoms with Crippen molar-refractivity contribution in [3.05, 3.63) is 23.8 Å². The molecule has 0 aromatic heterocycles. The molecule has 21 heavy (non-hydrogen) atoms. The average Bonchev–Trinajstić information content (AvgIpc) is 3.35. The number of nitrogens with zero attached hydrogens (tertiary/aromatic N) is 2. The van der Waals surface area contributed by atoms with E-state index in [9.17, 15) is 4.79 Å². The molecule has 0 saturated heterocycles. The summed E-state index contributed by atoms with van der Waals surface area (Å²) in [7, 11) is 3.32. The Hall–Kier alpha value is -2.24. The normalized spacial score (nSPS) is 14.7. The molecule has 1 N–H and O–H groups in total. The topological polar surface area (TPSA) is 71.4 Å². The largest absolute Gasteiger partial charge is 0.493 e. The molecule has 0 radical (unpaired) electrons. The van der Waals surface area contributed by atoms with E-state index in [0.717, 1.165) is 18.4 Å². The highest BCUT2D eigenvalue weighted by Gasteiger charge is 2.29. The van der Waals surface area contributed by atoms with E-state index in [1.54, 1.807) is 37.1 Å². The monoisotopic (exact) mass is 292 g/mol. The van der Waals surface area contributed by atoms with Crippen molar-refractivity contribution in [1.29, 1.82) is 0 Å². The second kappa shape index (κ2) is 6.47. The van der Waals surface area contributed by atoms with E-state index in [0.29, 0.717) is 23.3 Å². The summed E-state index contributed by atoms with van der Waals surface area (Å²) < 4.78 is 10.8. The molecule has 114 valence electrons. The van der Waals surface area contributed by atoms with Crippen LogP contribution in [0.3, 0.4) is 0 Å². The third-order valence-electron chi connectivity index (χ3n) is 3.57. The minimum absolute atomic E-state index is 0.0181. The Bertz CT molecular complexity index is 553. The van der Waals surface area contributed by atoms with Crippen molar-refractivity contribution in [2.45, 2.75) is 25.8 Å². The highest BCUT2D eigenvalue weighted by atomic mass is 16.5. The molecule has 0 atom stereocenters. The Morgan fingerprint density at radius 2 is 2.14 bits per heavy atom. The highest BCUT2D eigenvalue weighted by Crippen LogP contribution is 2.29. The van der Waals surface area contributed by atoms with Crippen LogP contribution in [0.5, 0.6) is 11.5 Å². The number of likely N-dealkylation sites (N-methyl/N-ethyl adjacent to an activating group) is 1. The van der Waals surface area contributed by atoms with Gasteiger partial charge in [-0.15, -0.1) is 0 Å². The lowest BCUT2D eigenvalue weighted by atomic mass is 10.1. The molecule has 0 spiro atoms. The van der Waals surface area contributed by atoms with Crippen LogP contribution in [0, 0.1) is 0 Å². The minimum Gasteiger partial charge on any atom is -0.493 e. The van der Waals surface area contributed by atoms with Gasteiger partial charge in [0, 0.05) is 18.7 Å². The lowest BCUT2D eigenvalue weighted by molar-refractivity contribution is -0.132. The average molecular weight is 292 g/mol. The van der Waals surface area contributed by atoms with E-state index in [1.807, 2.05) is 0 Å². The number of hydrogen-bond donors (Lipinski definition) is 1. The van der Waals surface area contributed by atoms with Crippen LogP contribution in [-0.2, 0) is 4.79 Å². The van der Waals surface area contributed by atoms with Crippen LogP contribution >= 0.6 is 0 Å². The summed E-state index contributed by atoms with van der Waals surface area (Å²) in [5.74, 6) is 0.943. The molecule has 1 aliphatic carbocycles. The number of carbonyl (C=O) groups excluding carboxylic acids is 1. The Morgan fingerprint density at radius 1 is 1.43 bits per heavy atom. The first-order chi connectivity index (χ1) is 10.1. The van der Waals surface area contributed by atoms with Crippen LogP contribution in [-0.4, -0.2) is 48.5 Å². The number of rotatable bonds is 6. The lowest BCUT2D eigenvalue weighted by Crippen LogP contribution is -2.33. The zero-order valence-corrected chi connectivity index (χ0v) is 12.5. The quantitative estimate of drug-likeness (QED) is 0.494. The maximum Gasteiger partial charge on any atom is 0.260 e. The molecule has 0 aliphatic heterocycles.